The molecule has 27 heavy (non-hydrogen) atoms. The molecule has 0 atom stereocenters. The number of nitrogens with zero attached hydrogens (tertiary/aromatic N) is 2. The van der Waals surface area contributed by atoms with Crippen molar-refractivity contribution in [3.05, 3.63) is 71.9 Å². The molecule has 136 valence electrons. The van der Waals surface area contributed by atoms with Crippen molar-refractivity contribution < 1.29 is 18.3 Å². The third-order valence-electron chi connectivity index (χ3n) is 4.35. The number of aromatic nitrogens is 3. The van der Waals surface area contributed by atoms with Crippen LogP contribution in [0.15, 0.2) is 60.8 Å². The molecule has 0 fully saturated rings. The van der Waals surface area contributed by atoms with Gasteiger partial charge >= 0.3 is 6.18 Å². The molecule has 4 rings (SSSR count). The monoisotopic (exact) mass is 369 g/mol. The minimum absolute atomic E-state index is 0.103. The molecule has 2 N–H and O–H groups in total. The Morgan fingerprint density at radius 1 is 0.963 bits per heavy atom. The Labute approximate surface area is 152 Å². The number of nitrogens with one attached hydrogen (secondary N) is 1. The molecule has 2 aromatic carbocycles. The van der Waals surface area contributed by atoms with Crippen molar-refractivity contribution in [1.29, 1.82) is 0 Å². The number of pyridine rings is 1. The standard InChI is InChI=1S/C20H14F3N3O/c21-20(22,23)15-6-2-5-14(10-15)18-17-16(7-8-24-19(17)26-25-18)13-4-1-3-12(9-13)11-27/h1-10,27H,11H2,(H,24,25,26). The zero-order chi connectivity index (χ0) is 19.0. The van der Waals surface area contributed by atoms with Gasteiger partial charge in [-0.3, -0.25) is 5.10 Å². The van der Waals surface area contributed by atoms with Gasteiger partial charge in [-0.1, -0.05) is 30.3 Å². The molecule has 0 unspecified atom stereocenters. The van der Waals surface area contributed by atoms with Crippen LogP contribution in [0.1, 0.15) is 11.1 Å². The van der Waals surface area contributed by atoms with Gasteiger partial charge in [-0.2, -0.15) is 18.3 Å². The van der Waals surface area contributed by atoms with Crippen LogP contribution in [0.3, 0.4) is 0 Å². The second-order valence-corrected chi connectivity index (χ2v) is 6.09. The van der Waals surface area contributed by atoms with Crippen molar-refractivity contribution in [2.45, 2.75) is 12.8 Å². The molecule has 4 aromatic rings. The van der Waals surface area contributed by atoms with Crippen LogP contribution in [-0.2, 0) is 12.8 Å². The summed E-state index contributed by atoms with van der Waals surface area (Å²) in [5.41, 5.74) is 2.86. The average Bonchev–Trinajstić information content (AvgIpc) is 3.12. The largest absolute Gasteiger partial charge is 0.416 e. The zero-order valence-corrected chi connectivity index (χ0v) is 14.0. The van der Waals surface area contributed by atoms with E-state index in [1.165, 1.54) is 6.07 Å². The lowest BCUT2D eigenvalue weighted by atomic mass is 9.98. The van der Waals surface area contributed by atoms with Crippen LogP contribution in [0.4, 0.5) is 13.2 Å². The van der Waals surface area contributed by atoms with Crippen LogP contribution >= 0.6 is 0 Å². The molecule has 0 aliphatic heterocycles. The van der Waals surface area contributed by atoms with Gasteiger partial charge < -0.3 is 5.11 Å². The quantitative estimate of drug-likeness (QED) is 0.545. The van der Waals surface area contributed by atoms with E-state index in [0.717, 1.165) is 28.8 Å². The van der Waals surface area contributed by atoms with E-state index in [4.69, 9.17) is 0 Å². The van der Waals surface area contributed by atoms with Gasteiger partial charge in [0.05, 0.1) is 23.3 Å². The number of aromatic amines is 1. The summed E-state index contributed by atoms with van der Waals surface area (Å²) in [4.78, 5) is 4.21. The van der Waals surface area contributed by atoms with E-state index in [-0.39, 0.29) is 6.61 Å². The van der Waals surface area contributed by atoms with Crippen molar-refractivity contribution in [3.8, 4) is 22.4 Å². The summed E-state index contributed by atoms with van der Waals surface area (Å²) in [6, 6.07) is 14.2. The summed E-state index contributed by atoms with van der Waals surface area (Å²) < 4.78 is 39.3. The molecule has 0 radical (unpaired) electrons. The molecule has 0 aliphatic rings. The van der Waals surface area contributed by atoms with E-state index in [1.807, 2.05) is 18.2 Å². The number of hydrogen-bond acceptors (Lipinski definition) is 3. The molecule has 7 heteroatoms. The Kier molecular flexibility index (Phi) is 4.16. The molecule has 0 bridgehead atoms. The molecular formula is C20H14F3N3O. The van der Waals surface area contributed by atoms with Crippen LogP contribution in [0, 0.1) is 0 Å². The maximum absolute atomic E-state index is 13.1. The number of aliphatic hydroxyl groups is 1. The molecule has 2 heterocycles. The van der Waals surface area contributed by atoms with Crippen molar-refractivity contribution in [1.82, 2.24) is 15.2 Å². The fraction of sp³-hybridized carbons (Fsp3) is 0.100. The van der Waals surface area contributed by atoms with Crippen molar-refractivity contribution in [2.24, 2.45) is 0 Å². The van der Waals surface area contributed by atoms with E-state index < -0.39 is 11.7 Å². The molecule has 0 amide bonds. The number of benzene rings is 2. The number of rotatable bonds is 3. The predicted molar refractivity (Wildman–Crippen MR) is 95.7 cm³/mol. The molecule has 0 saturated carbocycles. The highest BCUT2D eigenvalue weighted by Crippen LogP contribution is 2.37. The van der Waals surface area contributed by atoms with E-state index in [0.29, 0.717) is 22.3 Å². The minimum atomic E-state index is -4.43. The topological polar surface area (TPSA) is 61.8 Å². The molecule has 0 aliphatic carbocycles. The van der Waals surface area contributed by atoms with Gasteiger partial charge in [-0.05, 0) is 41.0 Å². The second-order valence-electron chi connectivity index (χ2n) is 6.09. The fourth-order valence-electron chi connectivity index (χ4n) is 3.08. The molecule has 2 aromatic heterocycles. The molecular weight excluding hydrogens is 355 g/mol. The minimum Gasteiger partial charge on any atom is -0.392 e. The Morgan fingerprint density at radius 3 is 2.52 bits per heavy atom. The smallest absolute Gasteiger partial charge is 0.392 e. The Hall–Kier alpha value is -3.19. The Morgan fingerprint density at radius 2 is 1.74 bits per heavy atom. The normalized spacial score (nSPS) is 11.9. The number of halogens is 3. The van der Waals surface area contributed by atoms with E-state index in [9.17, 15) is 18.3 Å². The highest BCUT2D eigenvalue weighted by molar-refractivity contribution is 6.02. The van der Waals surface area contributed by atoms with Gasteiger partial charge in [-0.15, -0.1) is 0 Å². The fourth-order valence-corrected chi connectivity index (χ4v) is 3.08. The van der Waals surface area contributed by atoms with Crippen molar-refractivity contribution in [3.63, 3.8) is 0 Å². The summed E-state index contributed by atoms with van der Waals surface area (Å²) in [5.74, 6) is 0. The summed E-state index contributed by atoms with van der Waals surface area (Å²) >= 11 is 0. The molecule has 0 spiro atoms. The highest BCUT2D eigenvalue weighted by Gasteiger charge is 2.30. The summed E-state index contributed by atoms with van der Waals surface area (Å²) in [6.45, 7) is -0.103. The van der Waals surface area contributed by atoms with Gasteiger partial charge in [0.2, 0.25) is 0 Å². The SMILES string of the molecule is OCc1cccc(-c2ccnc3n[nH]c(-c4cccc(C(F)(F)F)c4)c23)c1. The lowest BCUT2D eigenvalue weighted by Crippen LogP contribution is -2.04. The highest BCUT2D eigenvalue weighted by atomic mass is 19.4. The maximum Gasteiger partial charge on any atom is 0.416 e. The van der Waals surface area contributed by atoms with E-state index >= 15 is 0 Å². The van der Waals surface area contributed by atoms with Gasteiger partial charge in [0.15, 0.2) is 5.65 Å². The van der Waals surface area contributed by atoms with Crippen LogP contribution in [0.5, 0.6) is 0 Å². The van der Waals surface area contributed by atoms with E-state index in [2.05, 4.69) is 15.2 Å². The first-order valence-corrected chi connectivity index (χ1v) is 8.18. The number of fused-ring (bicyclic) bond motifs is 1. The van der Waals surface area contributed by atoms with Gasteiger partial charge in [0, 0.05) is 11.8 Å². The summed E-state index contributed by atoms with van der Waals surface area (Å²) in [7, 11) is 0. The third-order valence-corrected chi connectivity index (χ3v) is 4.35. The summed E-state index contributed by atoms with van der Waals surface area (Å²) in [6.07, 6.45) is -2.83. The van der Waals surface area contributed by atoms with Crippen molar-refractivity contribution >= 4 is 11.0 Å². The van der Waals surface area contributed by atoms with Crippen LogP contribution in [-0.4, -0.2) is 20.3 Å². The lowest BCUT2D eigenvalue weighted by Gasteiger charge is -2.10. The first-order chi connectivity index (χ1) is 13.0. The number of H-pyrrole nitrogens is 1. The lowest BCUT2D eigenvalue weighted by molar-refractivity contribution is -0.137. The number of aliphatic hydroxyl groups excluding tert-OH is 1. The third kappa shape index (κ3) is 3.17. The van der Waals surface area contributed by atoms with Crippen molar-refractivity contribution in [2.75, 3.05) is 0 Å². The van der Waals surface area contributed by atoms with E-state index in [1.54, 1.807) is 24.4 Å². The van der Waals surface area contributed by atoms with Gasteiger partial charge in [-0.25, -0.2) is 4.98 Å². The maximum atomic E-state index is 13.1. The Balaban J connectivity index is 1.94. The predicted octanol–water partition coefficient (Wildman–Crippen LogP) is 4.80. The van der Waals surface area contributed by atoms with Crippen LogP contribution in [0.25, 0.3) is 33.4 Å². The first-order valence-electron chi connectivity index (χ1n) is 8.18. The number of hydrogen-bond donors (Lipinski definition) is 2. The average molecular weight is 369 g/mol. The zero-order valence-electron chi connectivity index (χ0n) is 14.0. The van der Waals surface area contributed by atoms with Crippen LogP contribution in [0.2, 0.25) is 0 Å². The number of alkyl halides is 3. The van der Waals surface area contributed by atoms with Gasteiger partial charge in [0.25, 0.3) is 0 Å². The van der Waals surface area contributed by atoms with Gasteiger partial charge in [0.1, 0.15) is 0 Å². The molecule has 4 nitrogen and oxygen atoms in total. The van der Waals surface area contributed by atoms with Crippen LogP contribution < -0.4 is 0 Å². The Bertz CT molecular complexity index is 1120. The summed E-state index contributed by atoms with van der Waals surface area (Å²) in [5, 5.41) is 17.0. The second kappa shape index (κ2) is 6.51. The molecule has 0 saturated heterocycles. The first kappa shape index (κ1) is 17.2.